The van der Waals surface area contributed by atoms with Gasteiger partial charge in [0.15, 0.2) is 0 Å². The highest BCUT2D eigenvalue weighted by Gasteiger charge is 2.13. The molecule has 0 saturated heterocycles. The van der Waals surface area contributed by atoms with Crippen molar-refractivity contribution in [1.29, 1.82) is 0 Å². The van der Waals surface area contributed by atoms with Crippen LogP contribution in [0.5, 0.6) is 0 Å². The lowest BCUT2D eigenvalue weighted by molar-refractivity contribution is -0.115. The molecule has 0 fully saturated rings. The van der Waals surface area contributed by atoms with E-state index in [9.17, 15) is 13.6 Å². The smallest absolute Gasteiger partial charge is 0.288 e. The number of carbonyl (C=O) groups is 1. The van der Waals surface area contributed by atoms with Gasteiger partial charge < -0.3 is 10.6 Å². The van der Waals surface area contributed by atoms with Gasteiger partial charge in [0.05, 0.1) is 12.2 Å². The molecule has 0 aliphatic carbocycles. The van der Waals surface area contributed by atoms with Crippen molar-refractivity contribution < 1.29 is 13.6 Å². The van der Waals surface area contributed by atoms with Crippen LogP contribution in [0.25, 0.3) is 0 Å². The maximum absolute atomic E-state index is 12.5. The average Bonchev–Trinajstić information content (AvgIpc) is 2.54. The Morgan fingerprint density at radius 3 is 2.54 bits per heavy atom. The fourth-order valence-electron chi connectivity index (χ4n) is 2.15. The third kappa shape index (κ3) is 5.47. The number of para-hydroxylation sites is 1. The van der Waals surface area contributed by atoms with Gasteiger partial charge in [0.1, 0.15) is 0 Å². The van der Waals surface area contributed by atoms with E-state index >= 15 is 0 Å². The maximum Gasteiger partial charge on any atom is 0.288 e. The van der Waals surface area contributed by atoms with Crippen molar-refractivity contribution in [1.82, 2.24) is 5.32 Å². The van der Waals surface area contributed by atoms with E-state index in [0.717, 1.165) is 5.56 Å². The van der Waals surface area contributed by atoms with Gasteiger partial charge in [-0.05, 0) is 30.7 Å². The van der Waals surface area contributed by atoms with Gasteiger partial charge in [-0.25, -0.2) is 0 Å². The molecule has 0 bridgehead atoms. The van der Waals surface area contributed by atoms with E-state index < -0.39 is 5.76 Å². The average molecular weight is 371 g/mol. The molecule has 2 rings (SSSR count). The van der Waals surface area contributed by atoms with Gasteiger partial charge >= 0.3 is 0 Å². The second-order valence-electron chi connectivity index (χ2n) is 5.05. The molecule has 0 aromatic heterocycles. The SMILES string of the molecule is CC(NCC(=O)Nc1ccccc1SC(F)F)c1ccccc1Cl. The minimum Gasteiger partial charge on any atom is -0.324 e. The predicted molar refractivity (Wildman–Crippen MR) is 94.8 cm³/mol. The lowest BCUT2D eigenvalue weighted by Crippen LogP contribution is -2.30. The molecule has 0 heterocycles. The number of thioether (sulfide) groups is 1. The Bertz CT molecular complexity index is 700. The van der Waals surface area contributed by atoms with Crippen molar-refractivity contribution in [2.75, 3.05) is 11.9 Å². The van der Waals surface area contributed by atoms with Crippen molar-refractivity contribution in [3.8, 4) is 0 Å². The van der Waals surface area contributed by atoms with Gasteiger partial charge in [0, 0.05) is 16.0 Å². The number of benzene rings is 2. The molecule has 0 spiro atoms. The van der Waals surface area contributed by atoms with Crippen LogP contribution < -0.4 is 10.6 Å². The van der Waals surface area contributed by atoms with Crippen LogP contribution in [0.1, 0.15) is 18.5 Å². The molecule has 3 nitrogen and oxygen atoms in total. The predicted octanol–water partition coefficient (Wildman–Crippen LogP) is 4.94. The fourth-order valence-corrected chi connectivity index (χ4v) is 3.04. The van der Waals surface area contributed by atoms with Crippen LogP contribution in [0.2, 0.25) is 5.02 Å². The molecule has 1 amide bonds. The van der Waals surface area contributed by atoms with Crippen LogP contribution in [0.3, 0.4) is 0 Å². The number of anilines is 1. The number of rotatable bonds is 7. The molecule has 0 saturated carbocycles. The summed E-state index contributed by atoms with van der Waals surface area (Å²) in [6.45, 7) is 1.94. The van der Waals surface area contributed by atoms with Crippen LogP contribution in [0, 0.1) is 0 Å². The highest BCUT2D eigenvalue weighted by Crippen LogP contribution is 2.31. The summed E-state index contributed by atoms with van der Waals surface area (Å²) in [5.74, 6) is -2.85. The molecule has 2 aromatic rings. The number of hydrogen-bond donors (Lipinski definition) is 2. The zero-order valence-corrected chi connectivity index (χ0v) is 14.5. The van der Waals surface area contributed by atoms with Gasteiger partial charge in [0.25, 0.3) is 5.76 Å². The Labute approximate surface area is 148 Å². The summed E-state index contributed by atoms with van der Waals surface area (Å²) in [7, 11) is 0. The van der Waals surface area contributed by atoms with Crippen molar-refractivity contribution in [3.63, 3.8) is 0 Å². The highest BCUT2D eigenvalue weighted by molar-refractivity contribution is 7.99. The molecular weight excluding hydrogens is 354 g/mol. The minimum absolute atomic E-state index is 0.0417. The summed E-state index contributed by atoms with van der Waals surface area (Å²) in [6.07, 6.45) is 0. The molecule has 2 aromatic carbocycles. The Hall–Kier alpha value is -1.63. The molecule has 24 heavy (non-hydrogen) atoms. The van der Waals surface area contributed by atoms with Crippen LogP contribution in [-0.4, -0.2) is 18.2 Å². The first-order valence-corrected chi connectivity index (χ1v) is 8.54. The highest BCUT2D eigenvalue weighted by atomic mass is 35.5. The van der Waals surface area contributed by atoms with Gasteiger partial charge in [-0.2, -0.15) is 8.78 Å². The van der Waals surface area contributed by atoms with Gasteiger partial charge in [0.2, 0.25) is 5.91 Å². The van der Waals surface area contributed by atoms with E-state index in [1.54, 1.807) is 30.3 Å². The number of nitrogens with one attached hydrogen (secondary N) is 2. The molecule has 7 heteroatoms. The molecule has 128 valence electrons. The molecule has 0 radical (unpaired) electrons. The topological polar surface area (TPSA) is 41.1 Å². The molecule has 0 aliphatic rings. The molecule has 2 N–H and O–H groups in total. The van der Waals surface area contributed by atoms with E-state index in [-0.39, 0.29) is 18.5 Å². The van der Waals surface area contributed by atoms with E-state index in [4.69, 9.17) is 11.6 Å². The second-order valence-corrected chi connectivity index (χ2v) is 6.49. The molecule has 1 unspecified atom stereocenters. The minimum atomic E-state index is -2.54. The monoisotopic (exact) mass is 370 g/mol. The number of carbonyl (C=O) groups excluding carboxylic acids is 1. The standard InChI is InChI=1S/C17H17ClF2N2OS/c1-11(12-6-2-3-7-13(12)18)21-10-16(23)22-14-8-4-5-9-15(14)24-17(19)20/h2-9,11,17,21H,10H2,1H3,(H,22,23). The fraction of sp³-hybridized carbons (Fsp3) is 0.235. The maximum atomic E-state index is 12.5. The van der Waals surface area contributed by atoms with Crippen LogP contribution in [0.15, 0.2) is 53.4 Å². The lowest BCUT2D eigenvalue weighted by atomic mass is 10.1. The normalized spacial score (nSPS) is 12.2. The largest absolute Gasteiger partial charge is 0.324 e. The third-order valence-electron chi connectivity index (χ3n) is 3.32. The number of hydrogen-bond acceptors (Lipinski definition) is 3. The molecule has 1 atom stereocenters. The molecule has 0 aliphatic heterocycles. The first kappa shape index (κ1) is 18.7. The van der Waals surface area contributed by atoms with E-state index in [2.05, 4.69) is 10.6 Å². The Balaban J connectivity index is 1.93. The van der Waals surface area contributed by atoms with Crippen molar-refractivity contribution >= 4 is 35.0 Å². The summed E-state index contributed by atoms with van der Waals surface area (Å²) in [6, 6.07) is 13.7. The Morgan fingerprint density at radius 1 is 1.17 bits per heavy atom. The van der Waals surface area contributed by atoms with E-state index in [0.29, 0.717) is 27.4 Å². The first-order chi connectivity index (χ1) is 11.5. The van der Waals surface area contributed by atoms with Gasteiger partial charge in [-0.3, -0.25) is 4.79 Å². The third-order valence-corrected chi connectivity index (χ3v) is 4.45. The number of halogens is 3. The van der Waals surface area contributed by atoms with Crippen LogP contribution in [-0.2, 0) is 4.79 Å². The van der Waals surface area contributed by atoms with Crippen molar-refractivity contribution in [2.45, 2.75) is 23.6 Å². The molecular formula is C17H17ClF2N2OS. The zero-order chi connectivity index (χ0) is 17.5. The Kier molecular flexibility index (Phi) is 7.02. The number of amides is 1. The van der Waals surface area contributed by atoms with Crippen LogP contribution >= 0.6 is 23.4 Å². The second kappa shape index (κ2) is 9.01. The lowest BCUT2D eigenvalue weighted by Gasteiger charge is -2.16. The summed E-state index contributed by atoms with van der Waals surface area (Å²) in [4.78, 5) is 12.4. The van der Waals surface area contributed by atoms with E-state index in [1.807, 2.05) is 25.1 Å². The number of alkyl halides is 2. The van der Waals surface area contributed by atoms with E-state index in [1.165, 1.54) is 0 Å². The summed E-state index contributed by atoms with van der Waals surface area (Å²) in [5.41, 5.74) is 1.26. The quantitative estimate of drug-likeness (QED) is 0.678. The Morgan fingerprint density at radius 2 is 1.83 bits per heavy atom. The summed E-state index contributed by atoms with van der Waals surface area (Å²) >= 11 is 6.52. The van der Waals surface area contributed by atoms with Crippen molar-refractivity contribution in [3.05, 3.63) is 59.1 Å². The zero-order valence-electron chi connectivity index (χ0n) is 12.9. The van der Waals surface area contributed by atoms with Gasteiger partial charge in [-0.15, -0.1) is 0 Å². The van der Waals surface area contributed by atoms with Gasteiger partial charge in [-0.1, -0.05) is 53.7 Å². The summed E-state index contributed by atoms with van der Waals surface area (Å²) < 4.78 is 25.1. The van der Waals surface area contributed by atoms with Crippen LogP contribution in [0.4, 0.5) is 14.5 Å². The first-order valence-electron chi connectivity index (χ1n) is 7.29. The summed E-state index contributed by atoms with van der Waals surface area (Å²) in [5, 5.41) is 6.34. The van der Waals surface area contributed by atoms with Crippen molar-refractivity contribution in [2.24, 2.45) is 0 Å².